The molecule has 0 radical (unpaired) electrons. The molecule has 0 aliphatic rings. The molecule has 0 aliphatic carbocycles. The number of fused-ring (bicyclic) bond motifs is 1. The van der Waals surface area contributed by atoms with Gasteiger partial charge >= 0.3 is 0 Å². The molecule has 0 spiro atoms. The Morgan fingerprint density at radius 3 is 2.92 bits per heavy atom. The predicted molar refractivity (Wildman–Crippen MR) is 47.0 cm³/mol. The summed E-state index contributed by atoms with van der Waals surface area (Å²) in [5, 5.41) is 8.33. The molecule has 4 nitrogen and oxygen atoms in total. The molecule has 2 aromatic rings. The molecule has 13 heavy (non-hydrogen) atoms. The van der Waals surface area contributed by atoms with Crippen LogP contribution in [0.5, 0.6) is 0 Å². The van der Waals surface area contributed by atoms with Crippen LogP contribution in [0.4, 0.5) is 0 Å². The maximum absolute atomic E-state index is 8.33. The van der Waals surface area contributed by atoms with Crippen LogP contribution in [0.1, 0.15) is 5.56 Å². The summed E-state index contributed by atoms with van der Waals surface area (Å²) >= 11 is 0. The molecule has 0 atom stereocenters. The van der Waals surface area contributed by atoms with Crippen LogP contribution < -0.4 is 0 Å². The van der Waals surface area contributed by atoms with Crippen LogP contribution in [-0.2, 0) is 11.5 Å². The first kappa shape index (κ1) is 8.10. The summed E-state index contributed by atoms with van der Waals surface area (Å²) in [6, 6.07) is 5.56. The summed E-state index contributed by atoms with van der Waals surface area (Å²) in [6.07, 6.45) is 3.25. The lowest BCUT2D eigenvalue weighted by Gasteiger charge is -2.01. The van der Waals surface area contributed by atoms with E-state index in [1.165, 1.54) is 0 Å². The van der Waals surface area contributed by atoms with Crippen molar-refractivity contribution in [1.29, 1.82) is 0 Å². The molecular weight excluding hydrogens is 168 g/mol. The number of nitrogens with zero attached hydrogens (tertiary/aromatic N) is 2. The van der Waals surface area contributed by atoms with Gasteiger partial charge in [0, 0.05) is 18.0 Å². The first-order chi connectivity index (χ1) is 6.42. The van der Waals surface area contributed by atoms with Crippen LogP contribution in [-0.4, -0.2) is 15.2 Å². The predicted octanol–water partition coefficient (Wildman–Crippen LogP) is 1.62. The fraction of sp³-hybridized carbons (Fsp3) is 0.111. The molecule has 0 bridgehead atoms. The molecule has 4 heteroatoms. The van der Waals surface area contributed by atoms with Crippen molar-refractivity contribution in [2.75, 3.05) is 0 Å². The highest BCUT2D eigenvalue weighted by molar-refractivity contribution is 5.77. The maximum Gasteiger partial charge on any atom is 0.109 e. The summed E-state index contributed by atoms with van der Waals surface area (Å²) < 4.78 is 0. The molecule has 1 aromatic carbocycles. The van der Waals surface area contributed by atoms with Gasteiger partial charge in [-0.2, -0.15) is 0 Å². The van der Waals surface area contributed by atoms with E-state index < -0.39 is 0 Å². The molecule has 0 aliphatic heterocycles. The molecule has 0 unspecified atom stereocenters. The minimum atomic E-state index is 0.135. The third-order valence-electron chi connectivity index (χ3n) is 1.80. The van der Waals surface area contributed by atoms with E-state index >= 15 is 0 Å². The van der Waals surface area contributed by atoms with Crippen molar-refractivity contribution >= 4 is 11.0 Å². The van der Waals surface area contributed by atoms with Crippen molar-refractivity contribution in [3.05, 3.63) is 36.2 Å². The van der Waals surface area contributed by atoms with Gasteiger partial charge in [-0.1, -0.05) is 12.1 Å². The van der Waals surface area contributed by atoms with Crippen molar-refractivity contribution in [3.8, 4) is 0 Å². The Kier molecular flexibility index (Phi) is 2.16. The van der Waals surface area contributed by atoms with E-state index in [4.69, 9.17) is 5.26 Å². The average molecular weight is 176 g/mol. The normalized spacial score (nSPS) is 10.5. The van der Waals surface area contributed by atoms with E-state index in [0.717, 1.165) is 16.6 Å². The van der Waals surface area contributed by atoms with Gasteiger partial charge in [0.15, 0.2) is 0 Å². The number of rotatable bonds is 2. The van der Waals surface area contributed by atoms with Crippen molar-refractivity contribution in [3.63, 3.8) is 0 Å². The molecule has 0 saturated carbocycles. The summed E-state index contributed by atoms with van der Waals surface area (Å²) in [7, 11) is 0. The number of para-hydroxylation sites is 1. The molecule has 1 N–H and O–H groups in total. The van der Waals surface area contributed by atoms with Crippen molar-refractivity contribution in [2.45, 2.75) is 6.61 Å². The van der Waals surface area contributed by atoms with Crippen LogP contribution in [0.3, 0.4) is 0 Å². The molecule has 2 rings (SSSR count). The lowest BCUT2D eigenvalue weighted by Crippen LogP contribution is -1.92. The van der Waals surface area contributed by atoms with Gasteiger partial charge in [0.2, 0.25) is 0 Å². The van der Waals surface area contributed by atoms with Gasteiger partial charge in [0.1, 0.15) is 6.61 Å². The molecule has 1 heterocycles. The van der Waals surface area contributed by atoms with E-state index in [1.54, 1.807) is 12.4 Å². The number of hydrogen-bond donors (Lipinski definition) is 1. The molecule has 1 aromatic heterocycles. The van der Waals surface area contributed by atoms with Gasteiger partial charge < -0.3 is 0 Å². The van der Waals surface area contributed by atoms with E-state index in [0.29, 0.717) is 0 Å². The SMILES string of the molecule is OOCc1cccc2nccnc12. The number of aromatic nitrogens is 2. The topological polar surface area (TPSA) is 55.2 Å². The first-order valence-corrected chi connectivity index (χ1v) is 3.87. The van der Waals surface area contributed by atoms with E-state index in [-0.39, 0.29) is 6.61 Å². The average Bonchev–Trinajstić information content (AvgIpc) is 2.19. The Morgan fingerprint density at radius 2 is 2.08 bits per heavy atom. The Labute approximate surface area is 74.8 Å². The van der Waals surface area contributed by atoms with Crippen LogP contribution in [0.15, 0.2) is 30.6 Å². The highest BCUT2D eigenvalue weighted by Crippen LogP contribution is 2.13. The van der Waals surface area contributed by atoms with Crippen LogP contribution in [0.25, 0.3) is 11.0 Å². The van der Waals surface area contributed by atoms with Gasteiger partial charge in [-0.15, -0.1) is 0 Å². The smallest absolute Gasteiger partial charge is 0.109 e. The highest BCUT2D eigenvalue weighted by atomic mass is 17.1. The minimum absolute atomic E-state index is 0.135. The second-order valence-corrected chi connectivity index (χ2v) is 2.61. The fourth-order valence-electron chi connectivity index (χ4n) is 1.24. The number of hydrogen-bond acceptors (Lipinski definition) is 4. The first-order valence-electron chi connectivity index (χ1n) is 3.87. The van der Waals surface area contributed by atoms with Gasteiger partial charge in [-0.25, -0.2) is 4.89 Å². The Bertz CT molecular complexity index is 412. The largest absolute Gasteiger partial charge is 0.253 e. The zero-order valence-corrected chi connectivity index (χ0v) is 6.84. The Hall–Kier alpha value is -1.52. The quantitative estimate of drug-likeness (QED) is 0.558. The lowest BCUT2D eigenvalue weighted by molar-refractivity contribution is -0.252. The highest BCUT2D eigenvalue weighted by Gasteiger charge is 2.01. The van der Waals surface area contributed by atoms with Gasteiger partial charge in [0.25, 0.3) is 0 Å². The van der Waals surface area contributed by atoms with E-state index in [1.807, 2.05) is 18.2 Å². The third kappa shape index (κ3) is 1.49. The van der Waals surface area contributed by atoms with Gasteiger partial charge in [-0.05, 0) is 6.07 Å². The second-order valence-electron chi connectivity index (χ2n) is 2.61. The monoisotopic (exact) mass is 176 g/mol. The van der Waals surface area contributed by atoms with Gasteiger partial charge in [-0.3, -0.25) is 15.2 Å². The summed E-state index contributed by atoms with van der Waals surface area (Å²) in [6.45, 7) is 0.135. The van der Waals surface area contributed by atoms with Crippen molar-refractivity contribution < 1.29 is 10.1 Å². The maximum atomic E-state index is 8.33. The zero-order valence-electron chi connectivity index (χ0n) is 6.84. The van der Waals surface area contributed by atoms with E-state index in [2.05, 4.69) is 14.9 Å². The Morgan fingerprint density at radius 1 is 1.23 bits per heavy atom. The fourth-order valence-corrected chi connectivity index (χ4v) is 1.24. The summed E-state index contributed by atoms with van der Waals surface area (Å²) in [5.74, 6) is 0. The second kappa shape index (κ2) is 3.47. The van der Waals surface area contributed by atoms with Crippen molar-refractivity contribution in [1.82, 2.24) is 9.97 Å². The molecule has 0 fully saturated rings. The molecule has 66 valence electrons. The van der Waals surface area contributed by atoms with Crippen LogP contribution >= 0.6 is 0 Å². The number of benzene rings is 1. The summed E-state index contributed by atoms with van der Waals surface area (Å²) in [4.78, 5) is 12.3. The molecule has 0 amide bonds. The van der Waals surface area contributed by atoms with Crippen LogP contribution in [0, 0.1) is 0 Å². The molecular formula is C9H8N2O2. The van der Waals surface area contributed by atoms with Crippen molar-refractivity contribution in [2.24, 2.45) is 0 Å². The zero-order chi connectivity index (χ0) is 9.10. The minimum Gasteiger partial charge on any atom is -0.253 e. The third-order valence-corrected chi connectivity index (χ3v) is 1.80. The lowest BCUT2D eigenvalue weighted by atomic mass is 10.2. The molecule has 0 saturated heterocycles. The Balaban J connectivity index is 2.61. The standard InChI is InChI=1S/C9H8N2O2/c12-13-6-7-2-1-3-8-9(7)11-5-4-10-8/h1-5,12H,6H2. The van der Waals surface area contributed by atoms with Crippen LogP contribution in [0.2, 0.25) is 0 Å². The summed E-state index contributed by atoms with van der Waals surface area (Å²) in [5.41, 5.74) is 2.39. The van der Waals surface area contributed by atoms with Gasteiger partial charge in [0.05, 0.1) is 11.0 Å². The van der Waals surface area contributed by atoms with E-state index in [9.17, 15) is 0 Å².